The molecular weight excluding hydrogens is 287 g/mol. The highest BCUT2D eigenvalue weighted by molar-refractivity contribution is 5.91. The van der Waals surface area contributed by atoms with E-state index < -0.39 is 11.8 Å². The van der Waals surface area contributed by atoms with Crippen molar-refractivity contribution in [3.05, 3.63) is 46.5 Å². The van der Waals surface area contributed by atoms with Gasteiger partial charge in [-0.05, 0) is 24.6 Å². The molecule has 1 unspecified atom stereocenters. The highest BCUT2D eigenvalue weighted by atomic mass is 19.1. The molecule has 3 rings (SSSR count). The van der Waals surface area contributed by atoms with Gasteiger partial charge in [-0.25, -0.2) is 13.9 Å². The Bertz CT molecular complexity index is 714. The zero-order chi connectivity index (χ0) is 15.7. The maximum atomic E-state index is 13.5. The number of rotatable bonds is 3. The Morgan fingerprint density at radius 1 is 1.50 bits per heavy atom. The largest absolute Gasteiger partial charge is 0.465 e. The summed E-state index contributed by atoms with van der Waals surface area (Å²) >= 11 is 0. The summed E-state index contributed by atoms with van der Waals surface area (Å²) in [6, 6.07) is 3.90. The molecule has 0 saturated heterocycles. The Hall–Kier alpha value is -2.28. The summed E-state index contributed by atoms with van der Waals surface area (Å²) in [5, 5.41) is 11.6. The smallest absolute Gasteiger partial charge is 0.338 e. The summed E-state index contributed by atoms with van der Waals surface area (Å²) in [7, 11) is 1.28. The minimum atomic E-state index is -0.558. The predicted molar refractivity (Wildman–Crippen MR) is 77.0 cm³/mol. The predicted octanol–water partition coefficient (Wildman–Crippen LogP) is 1.46. The van der Waals surface area contributed by atoms with E-state index in [2.05, 4.69) is 15.6 Å². The van der Waals surface area contributed by atoms with Gasteiger partial charge < -0.3 is 10.1 Å². The number of methoxy groups -OCH3 is 1. The molecule has 2 aromatic rings. The van der Waals surface area contributed by atoms with E-state index in [0.717, 1.165) is 24.4 Å². The lowest BCUT2D eigenvalue weighted by Crippen LogP contribution is -2.26. The van der Waals surface area contributed by atoms with Crippen molar-refractivity contribution >= 4 is 5.97 Å². The first kappa shape index (κ1) is 14.6. The molecule has 1 atom stereocenters. The van der Waals surface area contributed by atoms with Crippen molar-refractivity contribution in [2.75, 3.05) is 13.7 Å². The van der Waals surface area contributed by atoms with Crippen LogP contribution in [0.2, 0.25) is 0 Å². The van der Waals surface area contributed by atoms with Crippen molar-refractivity contribution in [1.29, 1.82) is 0 Å². The maximum absolute atomic E-state index is 13.5. The number of nitrogens with one attached hydrogen (secondary N) is 1. The van der Waals surface area contributed by atoms with Gasteiger partial charge in [0, 0.05) is 19.5 Å². The number of hydrogen-bond acceptors (Lipinski definition) is 5. The Labute approximate surface area is 127 Å². The third-order valence-electron chi connectivity index (χ3n) is 3.94. The fourth-order valence-electron chi connectivity index (χ4n) is 2.78. The van der Waals surface area contributed by atoms with Crippen LogP contribution in [0, 0.1) is 5.82 Å². The lowest BCUT2D eigenvalue weighted by atomic mass is 10.0. The van der Waals surface area contributed by atoms with Crippen LogP contribution in [0.15, 0.2) is 18.2 Å². The maximum Gasteiger partial charge on any atom is 0.338 e. The molecule has 0 spiro atoms. The summed E-state index contributed by atoms with van der Waals surface area (Å²) in [5.74, 6) is -1.03. The SMILES string of the molecule is COC(=O)c1cc(F)ccc1C(C)n1nnc2c1CCNC2. The van der Waals surface area contributed by atoms with Crippen LogP contribution in [0.5, 0.6) is 0 Å². The van der Waals surface area contributed by atoms with Gasteiger partial charge in [0.2, 0.25) is 0 Å². The molecule has 0 radical (unpaired) electrons. The number of fused-ring (bicyclic) bond motifs is 1. The van der Waals surface area contributed by atoms with E-state index in [1.165, 1.54) is 19.2 Å². The van der Waals surface area contributed by atoms with Gasteiger partial charge in [0.05, 0.1) is 30.1 Å². The second-order valence-corrected chi connectivity index (χ2v) is 5.25. The first-order chi connectivity index (χ1) is 10.6. The summed E-state index contributed by atoms with van der Waals surface area (Å²) < 4.78 is 20.0. The third kappa shape index (κ3) is 2.48. The molecule has 1 aromatic carbocycles. The minimum Gasteiger partial charge on any atom is -0.465 e. The van der Waals surface area contributed by atoms with E-state index in [9.17, 15) is 9.18 Å². The van der Waals surface area contributed by atoms with Crippen LogP contribution in [-0.2, 0) is 17.7 Å². The number of hydrogen-bond donors (Lipinski definition) is 1. The van der Waals surface area contributed by atoms with E-state index in [-0.39, 0.29) is 11.6 Å². The van der Waals surface area contributed by atoms with Gasteiger partial charge in [-0.1, -0.05) is 11.3 Å². The van der Waals surface area contributed by atoms with Gasteiger partial charge in [-0.15, -0.1) is 5.10 Å². The van der Waals surface area contributed by atoms with Crippen molar-refractivity contribution in [1.82, 2.24) is 20.3 Å². The molecule has 0 amide bonds. The van der Waals surface area contributed by atoms with Gasteiger partial charge in [0.25, 0.3) is 0 Å². The molecular formula is C15H17FN4O2. The molecule has 1 N–H and O–H groups in total. The number of halogens is 1. The molecule has 0 saturated carbocycles. The fraction of sp³-hybridized carbons (Fsp3) is 0.400. The van der Waals surface area contributed by atoms with Gasteiger partial charge >= 0.3 is 5.97 Å². The molecule has 1 aliphatic heterocycles. The van der Waals surface area contributed by atoms with E-state index >= 15 is 0 Å². The second-order valence-electron chi connectivity index (χ2n) is 5.25. The molecule has 22 heavy (non-hydrogen) atoms. The van der Waals surface area contributed by atoms with E-state index in [1.807, 2.05) is 6.92 Å². The normalized spacial score (nSPS) is 15.2. The first-order valence-electron chi connectivity index (χ1n) is 7.13. The van der Waals surface area contributed by atoms with Gasteiger partial charge in [0.15, 0.2) is 0 Å². The van der Waals surface area contributed by atoms with Crippen molar-refractivity contribution in [3.63, 3.8) is 0 Å². The molecule has 7 heteroatoms. The number of esters is 1. The minimum absolute atomic E-state index is 0.216. The van der Waals surface area contributed by atoms with Crippen molar-refractivity contribution < 1.29 is 13.9 Å². The lowest BCUT2D eigenvalue weighted by molar-refractivity contribution is 0.0598. The molecule has 116 valence electrons. The number of benzene rings is 1. The summed E-state index contributed by atoms with van der Waals surface area (Å²) in [5.41, 5.74) is 2.85. The van der Waals surface area contributed by atoms with Crippen LogP contribution in [0.3, 0.4) is 0 Å². The van der Waals surface area contributed by atoms with Crippen LogP contribution >= 0.6 is 0 Å². The number of carbonyl (C=O) groups excluding carboxylic acids is 1. The van der Waals surface area contributed by atoms with Crippen LogP contribution < -0.4 is 5.32 Å². The van der Waals surface area contributed by atoms with Crippen LogP contribution in [0.25, 0.3) is 0 Å². The van der Waals surface area contributed by atoms with Gasteiger partial charge in [-0.2, -0.15) is 0 Å². The molecule has 0 aliphatic carbocycles. The first-order valence-corrected chi connectivity index (χ1v) is 7.13. The zero-order valence-corrected chi connectivity index (χ0v) is 12.5. The van der Waals surface area contributed by atoms with Crippen LogP contribution in [-0.4, -0.2) is 34.6 Å². The fourth-order valence-corrected chi connectivity index (χ4v) is 2.78. The quantitative estimate of drug-likeness (QED) is 0.869. The summed E-state index contributed by atoms with van der Waals surface area (Å²) in [6.07, 6.45) is 0.821. The van der Waals surface area contributed by atoms with Gasteiger partial charge in [-0.3, -0.25) is 0 Å². The monoisotopic (exact) mass is 304 g/mol. The average Bonchev–Trinajstić information content (AvgIpc) is 2.97. The Balaban J connectivity index is 2.04. The zero-order valence-electron chi connectivity index (χ0n) is 12.5. The summed E-state index contributed by atoms with van der Waals surface area (Å²) in [6.45, 7) is 3.46. The average molecular weight is 304 g/mol. The van der Waals surface area contributed by atoms with Crippen molar-refractivity contribution in [2.24, 2.45) is 0 Å². The highest BCUT2D eigenvalue weighted by Crippen LogP contribution is 2.25. The Morgan fingerprint density at radius 2 is 2.32 bits per heavy atom. The molecule has 0 bridgehead atoms. The highest BCUT2D eigenvalue weighted by Gasteiger charge is 2.24. The number of ether oxygens (including phenoxy) is 1. The molecule has 2 heterocycles. The molecule has 1 aromatic heterocycles. The standard InChI is InChI=1S/C15H17FN4O2/c1-9(20-14-5-6-17-8-13(14)18-19-20)11-4-3-10(16)7-12(11)15(21)22-2/h3-4,7,9,17H,5-6,8H2,1-2H3. The van der Waals surface area contributed by atoms with Gasteiger partial charge in [0.1, 0.15) is 5.82 Å². The van der Waals surface area contributed by atoms with E-state index in [1.54, 1.807) is 10.7 Å². The van der Waals surface area contributed by atoms with E-state index in [0.29, 0.717) is 12.1 Å². The number of aromatic nitrogens is 3. The van der Waals surface area contributed by atoms with Crippen LogP contribution in [0.1, 0.15) is 40.3 Å². The Morgan fingerprint density at radius 3 is 3.09 bits per heavy atom. The third-order valence-corrected chi connectivity index (χ3v) is 3.94. The van der Waals surface area contributed by atoms with Crippen molar-refractivity contribution in [2.45, 2.75) is 25.9 Å². The second kappa shape index (κ2) is 5.84. The Kier molecular flexibility index (Phi) is 3.89. The van der Waals surface area contributed by atoms with Crippen molar-refractivity contribution in [3.8, 4) is 0 Å². The van der Waals surface area contributed by atoms with Crippen LogP contribution in [0.4, 0.5) is 4.39 Å². The molecule has 6 nitrogen and oxygen atoms in total. The molecule has 1 aliphatic rings. The summed E-state index contributed by atoms with van der Waals surface area (Å²) in [4.78, 5) is 11.9. The number of nitrogens with zero attached hydrogens (tertiary/aromatic N) is 3. The van der Waals surface area contributed by atoms with E-state index in [4.69, 9.17) is 4.74 Å². The lowest BCUT2D eigenvalue weighted by Gasteiger charge is -2.20. The number of carbonyl (C=O) groups is 1. The molecule has 0 fully saturated rings. The topological polar surface area (TPSA) is 69.0 Å².